The van der Waals surface area contributed by atoms with Crippen molar-refractivity contribution in [1.82, 2.24) is 15.6 Å². The van der Waals surface area contributed by atoms with E-state index in [2.05, 4.69) is 15.7 Å². The number of benzene rings is 2. The summed E-state index contributed by atoms with van der Waals surface area (Å²) in [4.78, 5) is 25.1. The first-order chi connectivity index (χ1) is 14.7. The van der Waals surface area contributed by atoms with Gasteiger partial charge in [0.1, 0.15) is 12.3 Å². The first kappa shape index (κ1) is 22.6. The van der Waals surface area contributed by atoms with Crippen LogP contribution in [0.2, 0.25) is 5.02 Å². The Morgan fingerprint density at radius 1 is 1.16 bits per heavy atom. The molecule has 0 radical (unpaired) electrons. The van der Waals surface area contributed by atoms with E-state index in [1.807, 2.05) is 63.2 Å². The summed E-state index contributed by atoms with van der Waals surface area (Å²) in [7, 11) is 1.60. The molecule has 2 N–H and O–H groups in total. The van der Waals surface area contributed by atoms with E-state index >= 15 is 0 Å². The standard InChI is InChI=1S/C23H27ClN4O3/c1-23(2,3)26-22(30)25-14-21(29)28-20(15-9-11-16(31-4)12-10-15)13-19(27-28)17-7-5-6-8-18(17)24/h5-12,20H,13-14H2,1-4H3,(H2,25,26,30)/t20-/m0/s1. The Kier molecular flexibility index (Phi) is 6.85. The van der Waals surface area contributed by atoms with E-state index in [9.17, 15) is 9.59 Å². The smallest absolute Gasteiger partial charge is 0.315 e. The molecule has 8 heteroatoms. The average Bonchev–Trinajstić information content (AvgIpc) is 3.16. The molecule has 0 aliphatic carbocycles. The number of amides is 3. The van der Waals surface area contributed by atoms with Crippen molar-refractivity contribution in [3.05, 3.63) is 64.7 Å². The van der Waals surface area contributed by atoms with Crippen LogP contribution in [0.5, 0.6) is 5.75 Å². The Labute approximate surface area is 187 Å². The molecule has 0 bridgehead atoms. The number of nitrogens with zero attached hydrogens (tertiary/aromatic N) is 2. The van der Waals surface area contributed by atoms with E-state index in [0.717, 1.165) is 22.6 Å². The van der Waals surface area contributed by atoms with Crippen LogP contribution in [0.3, 0.4) is 0 Å². The third-order valence-corrected chi connectivity index (χ3v) is 5.07. The molecule has 31 heavy (non-hydrogen) atoms. The highest BCUT2D eigenvalue weighted by atomic mass is 35.5. The summed E-state index contributed by atoms with van der Waals surface area (Å²) in [6.45, 7) is 5.44. The summed E-state index contributed by atoms with van der Waals surface area (Å²) in [5.74, 6) is 0.416. The minimum Gasteiger partial charge on any atom is -0.497 e. The number of rotatable bonds is 5. The van der Waals surface area contributed by atoms with Gasteiger partial charge < -0.3 is 15.4 Å². The van der Waals surface area contributed by atoms with Gasteiger partial charge in [-0.1, -0.05) is 41.9 Å². The molecule has 2 aromatic rings. The zero-order chi connectivity index (χ0) is 22.6. The third kappa shape index (κ3) is 5.76. The minimum absolute atomic E-state index is 0.173. The molecule has 1 heterocycles. The largest absolute Gasteiger partial charge is 0.497 e. The number of methoxy groups -OCH3 is 1. The van der Waals surface area contributed by atoms with Crippen LogP contribution in [0.1, 0.15) is 44.4 Å². The van der Waals surface area contributed by atoms with E-state index in [1.165, 1.54) is 5.01 Å². The number of carbonyl (C=O) groups is 2. The summed E-state index contributed by atoms with van der Waals surface area (Å²) in [6.07, 6.45) is 0.510. The molecule has 3 rings (SSSR count). The van der Waals surface area contributed by atoms with Crippen molar-refractivity contribution in [3.63, 3.8) is 0 Å². The number of hydrogen-bond acceptors (Lipinski definition) is 4. The number of halogens is 1. The second-order valence-corrected chi connectivity index (χ2v) is 8.72. The maximum Gasteiger partial charge on any atom is 0.315 e. The number of nitrogens with one attached hydrogen (secondary N) is 2. The van der Waals surface area contributed by atoms with Crippen molar-refractivity contribution in [3.8, 4) is 5.75 Å². The predicted octanol–water partition coefficient (Wildman–Crippen LogP) is 4.12. The van der Waals surface area contributed by atoms with Gasteiger partial charge in [-0.2, -0.15) is 5.10 Å². The molecule has 164 valence electrons. The van der Waals surface area contributed by atoms with Crippen LogP contribution in [-0.4, -0.2) is 41.9 Å². The van der Waals surface area contributed by atoms with Crippen LogP contribution in [0.15, 0.2) is 53.6 Å². The van der Waals surface area contributed by atoms with Crippen LogP contribution < -0.4 is 15.4 Å². The summed E-state index contributed by atoms with van der Waals surface area (Å²) in [5.41, 5.74) is 2.02. The molecule has 1 aliphatic rings. The molecule has 1 aliphatic heterocycles. The number of hydrogen-bond donors (Lipinski definition) is 2. The highest BCUT2D eigenvalue weighted by Gasteiger charge is 2.33. The van der Waals surface area contributed by atoms with Gasteiger partial charge in [0.15, 0.2) is 0 Å². The number of carbonyl (C=O) groups excluding carboxylic acids is 2. The van der Waals surface area contributed by atoms with Gasteiger partial charge in [-0.25, -0.2) is 9.80 Å². The van der Waals surface area contributed by atoms with E-state index in [1.54, 1.807) is 13.2 Å². The van der Waals surface area contributed by atoms with Crippen LogP contribution in [-0.2, 0) is 4.79 Å². The fraction of sp³-hybridized carbons (Fsp3) is 0.348. The van der Waals surface area contributed by atoms with Crippen molar-refractivity contribution in [2.45, 2.75) is 38.8 Å². The molecule has 7 nitrogen and oxygen atoms in total. The molecule has 3 amide bonds. The lowest BCUT2D eigenvalue weighted by atomic mass is 9.98. The highest BCUT2D eigenvalue weighted by Crippen LogP contribution is 2.34. The first-order valence-corrected chi connectivity index (χ1v) is 10.4. The molecular formula is C23H27ClN4O3. The summed E-state index contributed by atoms with van der Waals surface area (Å²) in [5, 5.41) is 12.0. The lowest BCUT2D eigenvalue weighted by molar-refractivity contribution is -0.131. The molecular weight excluding hydrogens is 416 g/mol. The SMILES string of the molecule is COc1ccc([C@@H]2CC(c3ccccc3Cl)=NN2C(=O)CNC(=O)NC(C)(C)C)cc1. The normalized spacial score (nSPS) is 16.0. The quantitative estimate of drug-likeness (QED) is 0.730. The fourth-order valence-corrected chi connectivity index (χ4v) is 3.55. The minimum atomic E-state index is -0.406. The Bertz CT molecular complexity index is 983. The molecule has 1 atom stereocenters. The zero-order valence-corrected chi connectivity index (χ0v) is 18.9. The molecule has 0 unspecified atom stereocenters. The van der Waals surface area contributed by atoms with Crippen molar-refractivity contribution < 1.29 is 14.3 Å². The monoisotopic (exact) mass is 442 g/mol. The number of ether oxygens (including phenoxy) is 1. The van der Waals surface area contributed by atoms with Gasteiger partial charge in [0.2, 0.25) is 0 Å². The average molecular weight is 443 g/mol. The Morgan fingerprint density at radius 2 is 1.84 bits per heavy atom. The zero-order valence-electron chi connectivity index (χ0n) is 18.1. The van der Waals surface area contributed by atoms with Crippen molar-refractivity contribution >= 4 is 29.3 Å². The summed E-state index contributed by atoms with van der Waals surface area (Å²) in [6, 6.07) is 14.2. The lowest BCUT2D eigenvalue weighted by Gasteiger charge is -2.24. The second-order valence-electron chi connectivity index (χ2n) is 8.32. The molecule has 0 saturated heterocycles. The maximum absolute atomic E-state index is 13.0. The van der Waals surface area contributed by atoms with Crippen LogP contribution >= 0.6 is 11.6 Å². The highest BCUT2D eigenvalue weighted by molar-refractivity contribution is 6.34. The van der Waals surface area contributed by atoms with Gasteiger partial charge in [-0.3, -0.25) is 4.79 Å². The van der Waals surface area contributed by atoms with E-state index < -0.39 is 11.6 Å². The first-order valence-electron chi connectivity index (χ1n) is 10.0. The number of hydrazone groups is 1. The van der Waals surface area contributed by atoms with E-state index in [-0.39, 0.29) is 18.5 Å². The Hall–Kier alpha value is -3.06. The summed E-state index contributed by atoms with van der Waals surface area (Å²) >= 11 is 6.36. The van der Waals surface area contributed by atoms with Gasteiger partial charge in [0, 0.05) is 22.5 Å². The lowest BCUT2D eigenvalue weighted by Crippen LogP contribution is -2.49. The summed E-state index contributed by atoms with van der Waals surface area (Å²) < 4.78 is 5.24. The fourth-order valence-electron chi connectivity index (χ4n) is 3.31. The van der Waals surface area contributed by atoms with Gasteiger partial charge in [0.05, 0.1) is 18.9 Å². The van der Waals surface area contributed by atoms with Gasteiger partial charge >= 0.3 is 6.03 Å². The van der Waals surface area contributed by atoms with E-state index in [4.69, 9.17) is 16.3 Å². The van der Waals surface area contributed by atoms with Gasteiger partial charge in [-0.05, 0) is 44.5 Å². The van der Waals surface area contributed by atoms with Crippen LogP contribution in [0.25, 0.3) is 0 Å². The van der Waals surface area contributed by atoms with Gasteiger partial charge in [-0.15, -0.1) is 0 Å². The Balaban J connectivity index is 1.83. The Morgan fingerprint density at radius 3 is 2.45 bits per heavy atom. The third-order valence-electron chi connectivity index (χ3n) is 4.74. The molecule has 0 fully saturated rings. The second kappa shape index (κ2) is 9.39. The van der Waals surface area contributed by atoms with Crippen LogP contribution in [0.4, 0.5) is 4.79 Å². The topological polar surface area (TPSA) is 83.0 Å². The molecule has 0 saturated carbocycles. The molecule has 2 aromatic carbocycles. The predicted molar refractivity (Wildman–Crippen MR) is 121 cm³/mol. The maximum atomic E-state index is 13.0. The number of urea groups is 1. The van der Waals surface area contributed by atoms with Crippen molar-refractivity contribution in [2.24, 2.45) is 5.10 Å². The van der Waals surface area contributed by atoms with Crippen LogP contribution in [0, 0.1) is 0 Å². The molecule has 0 aromatic heterocycles. The van der Waals surface area contributed by atoms with E-state index in [0.29, 0.717) is 11.4 Å². The molecule has 0 spiro atoms. The van der Waals surface area contributed by atoms with Crippen molar-refractivity contribution in [2.75, 3.05) is 13.7 Å². The van der Waals surface area contributed by atoms with Crippen molar-refractivity contribution in [1.29, 1.82) is 0 Å². The van der Waals surface area contributed by atoms with Gasteiger partial charge in [0.25, 0.3) is 5.91 Å².